The second-order valence-corrected chi connectivity index (χ2v) is 5.70. The number of ketones is 1. The molecule has 1 N–H and O–H groups in total. The average molecular weight is 267 g/mol. The smallest absolute Gasteiger partial charge is 0.220 e. The lowest BCUT2D eigenvalue weighted by Crippen LogP contribution is -2.42. The average Bonchev–Trinajstić information content (AvgIpc) is 2.40. The van der Waals surface area contributed by atoms with Gasteiger partial charge in [-0.25, -0.2) is 0 Å². The zero-order valence-corrected chi connectivity index (χ0v) is 12.4. The maximum Gasteiger partial charge on any atom is 0.220 e. The number of hydrogen-bond acceptors (Lipinski definition) is 2. The Morgan fingerprint density at radius 2 is 1.79 bits per heavy atom. The summed E-state index contributed by atoms with van der Waals surface area (Å²) < 4.78 is 0. The fourth-order valence-electron chi connectivity index (χ4n) is 2.64. The van der Waals surface area contributed by atoms with Crippen LogP contribution in [-0.2, 0) is 9.59 Å². The van der Waals surface area contributed by atoms with E-state index in [1.165, 1.54) is 32.1 Å². The van der Waals surface area contributed by atoms with Gasteiger partial charge >= 0.3 is 0 Å². The van der Waals surface area contributed by atoms with E-state index in [9.17, 15) is 9.59 Å². The Hall–Kier alpha value is -0.860. The number of carbonyl (C=O) groups is 2. The largest absolute Gasteiger partial charge is 0.346 e. The fraction of sp³-hybridized carbons (Fsp3) is 0.875. The van der Waals surface area contributed by atoms with E-state index in [2.05, 4.69) is 12.2 Å². The predicted octanol–water partition coefficient (Wildman–Crippen LogP) is 3.76. The van der Waals surface area contributed by atoms with Crippen LogP contribution in [0, 0.1) is 0 Å². The van der Waals surface area contributed by atoms with Crippen molar-refractivity contribution in [2.75, 3.05) is 0 Å². The van der Waals surface area contributed by atoms with Gasteiger partial charge in [-0.3, -0.25) is 9.59 Å². The van der Waals surface area contributed by atoms with Gasteiger partial charge in [-0.1, -0.05) is 51.9 Å². The first-order valence-corrected chi connectivity index (χ1v) is 8.06. The van der Waals surface area contributed by atoms with Crippen LogP contribution in [-0.4, -0.2) is 17.7 Å². The van der Waals surface area contributed by atoms with Gasteiger partial charge in [-0.2, -0.15) is 0 Å². The Morgan fingerprint density at radius 3 is 2.47 bits per heavy atom. The molecule has 1 aliphatic rings. The van der Waals surface area contributed by atoms with Gasteiger partial charge in [0.05, 0.1) is 6.04 Å². The lowest BCUT2D eigenvalue weighted by atomic mass is 9.94. The van der Waals surface area contributed by atoms with Crippen molar-refractivity contribution in [2.45, 2.75) is 90.0 Å². The van der Waals surface area contributed by atoms with Gasteiger partial charge in [0.2, 0.25) is 5.91 Å². The van der Waals surface area contributed by atoms with Crippen LogP contribution in [0.5, 0.6) is 0 Å². The van der Waals surface area contributed by atoms with Crippen molar-refractivity contribution >= 4 is 11.7 Å². The molecule has 0 radical (unpaired) electrons. The highest BCUT2D eigenvalue weighted by molar-refractivity contribution is 5.89. The Bertz CT molecular complexity index is 276. The van der Waals surface area contributed by atoms with E-state index in [-0.39, 0.29) is 17.7 Å². The first-order chi connectivity index (χ1) is 9.24. The minimum absolute atomic E-state index is 0.0637. The summed E-state index contributed by atoms with van der Waals surface area (Å²) in [6, 6.07) is -0.189. The lowest BCUT2D eigenvalue weighted by Gasteiger charge is -2.21. The van der Waals surface area contributed by atoms with Crippen LogP contribution < -0.4 is 5.32 Å². The van der Waals surface area contributed by atoms with Crippen LogP contribution in [0.1, 0.15) is 84.0 Å². The quantitative estimate of drug-likeness (QED) is 0.647. The van der Waals surface area contributed by atoms with E-state index in [0.29, 0.717) is 12.8 Å². The summed E-state index contributed by atoms with van der Waals surface area (Å²) in [5.41, 5.74) is 0. The molecule has 1 saturated carbocycles. The monoisotopic (exact) mass is 267 g/mol. The molecule has 0 aromatic heterocycles. The van der Waals surface area contributed by atoms with Crippen LogP contribution in [0.4, 0.5) is 0 Å². The highest BCUT2D eigenvalue weighted by Gasteiger charge is 2.23. The second kappa shape index (κ2) is 9.99. The van der Waals surface area contributed by atoms with Crippen molar-refractivity contribution < 1.29 is 9.59 Å². The number of Topliss-reactive ketones (excluding diaryl/α,β-unsaturated/α-hetero) is 1. The lowest BCUT2D eigenvalue weighted by molar-refractivity contribution is -0.129. The zero-order chi connectivity index (χ0) is 13.9. The molecule has 0 aromatic rings. The summed E-state index contributed by atoms with van der Waals surface area (Å²) in [6.45, 7) is 2.22. The number of carbonyl (C=O) groups excluding carboxylic acids is 2. The number of unbranched alkanes of at least 4 members (excludes halogenated alkanes) is 6. The Balaban J connectivity index is 2.00. The zero-order valence-electron chi connectivity index (χ0n) is 12.4. The molecule has 1 rings (SSSR count). The summed E-state index contributed by atoms with van der Waals surface area (Å²) >= 11 is 0. The molecule has 1 aliphatic carbocycles. The first-order valence-electron chi connectivity index (χ1n) is 8.06. The van der Waals surface area contributed by atoms with Crippen LogP contribution >= 0.6 is 0 Å². The highest BCUT2D eigenvalue weighted by Crippen LogP contribution is 2.15. The standard InChI is InChI=1S/C16H29NO2/c1-2-3-4-5-6-7-8-13-16(19)17-14-11-9-10-12-15(14)18/h14H,2-13H2,1H3,(H,17,19)/t14-/m0/s1. The molecule has 1 atom stereocenters. The Morgan fingerprint density at radius 1 is 1.11 bits per heavy atom. The maximum absolute atomic E-state index is 11.7. The van der Waals surface area contributed by atoms with Crippen molar-refractivity contribution in [3.05, 3.63) is 0 Å². The molecule has 110 valence electrons. The van der Waals surface area contributed by atoms with Crippen molar-refractivity contribution in [3.8, 4) is 0 Å². The minimum atomic E-state index is -0.189. The number of amides is 1. The third-order valence-corrected chi connectivity index (χ3v) is 3.90. The van der Waals surface area contributed by atoms with Crippen molar-refractivity contribution in [1.29, 1.82) is 0 Å². The summed E-state index contributed by atoms with van der Waals surface area (Å²) in [7, 11) is 0. The van der Waals surface area contributed by atoms with E-state index in [4.69, 9.17) is 0 Å². The van der Waals surface area contributed by atoms with E-state index >= 15 is 0 Å². The molecule has 0 saturated heterocycles. The van der Waals surface area contributed by atoms with Crippen LogP contribution in [0.25, 0.3) is 0 Å². The van der Waals surface area contributed by atoms with Gasteiger partial charge in [0.1, 0.15) is 0 Å². The molecule has 0 aliphatic heterocycles. The van der Waals surface area contributed by atoms with Gasteiger partial charge in [-0.05, 0) is 19.3 Å². The van der Waals surface area contributed by atoms with E-state index in [0.717, 1.165) is 32.1 Å². The van der Waals surface area contributed by atoms with E-state index in [1.54, 1.807) is 0 Å². The molecule has 0 aromatic carbocycles. The maximum atomic E-state index is 11.7. The summed E-state index contributed by atoms with van der Waals surface area (Å²) in [4.78, 5) is 23.3. The van der Waals surface area contributed by atoms with E-state index in [1.807, 2.05) is 0 Å². The van der Waals surface area contributed by atoms with Crippen LogP contribution in [0.15, 0.2) is 0 Å². The van der Waals surface area contributed by atoms with Crippen molar-refractivity contribution in [1.82, 2.24) is 5.32 Å². The third-order valence-electron chi connectivity index (χ3n) is 3.90. The molecule has 0 unspecified atom stereocenters. The van der Waals surface area contributed by atoms with Crippen molar-refractivity contribution in [2.24, 2.45) is 0 Å². The van der Waals surface area contributed by atoms with Gasteiger partial charge in [0.15, 0.2) is 5.78 Å². The van der Waals surface area contributed by atoms with Crippen molar-refractivity contribution in [3.63, 3.8) is 0 Å². The van der Waals surface area contributed by atoms with Crippen LogP contribution in [0.3, 0.4) is 0 Å². The Kier molecular flexibility index (Phi) is 8.52. The molecule has 0 heterocycles. The van der Waals surface area contributed by atoms with Crippen LogP contribution in [0.2, 0.25) is 0 Å². The topological polar surface area (TPSA) is 46.2 Å². The fourth-order valence-corrected chi connectivity index (χ4v) is 2.64. The molecular weight excluding hydrogens is 238 g/mol. The van der Waals surface area contributed by atoms with Gasteiger partial charge in [0.25, 0.3) is 0 Å². The highest BCUT2D eigenvalue weighted by atomic mass is 16.2. The second-order valence-electron chi connectivity index (χ2n) is 5.70. The predicted molar refractivity (Wildman–Crippen MR) is 78.0 cm³/mol. The molecule has 1 amide bonds. The number of hydrogen-bond donors (Lipinski definition) is 1. The summed E-state index contributed by atoms with van der Waals surface area (Å²) in [6.07, 6.45) is 12.6. The van der Waals surface area contributed by atoms with Gasteiger partial charge in [-0.15, -0.1) is 0 Å². The molecule has 3 heteroatoms. The molecule has 0 spiro atoms. The summed E-state index contributed by atoms with van der Waals surface area (Å²) in [5.74, 6) is 0.285. The Labute approximate surface area is 117 Å². The van der Waals surface area contributed by atoms with Gasteiger partial charge in [0, 0.05) is 12.8 Å². The minimum Gasteiger partial charge on any atom is -0.346 e. The van der Waals surface area contributed by atoms with E-state index < -0.39 is 0 Å². The molecule has 1 fully saturated rings. The number of nitrogens with one attached hydrogen (secondary N) is 1. The normalized spacial score (nSPS) is 19.4. The molecular formula is C16H29NO2. The third kappa shape index (κ3) is 7.34. The summed E-state index contributed by atoms with van der Waals surface area (Å²) in [5, 5.41) is 2.89. The molecule has 0 bridgehead atoms. The van der Waals surface area contributed by atoms with Gasteiger partial charge < -0.3 is 5.32 Å². The SMILES string of the molecule is CCCCCCCCCC(=O)N[C@H]1CCCCC1=O. The molecule has 3 nitrogen and oxygen atoms in total. The first kappa shape index (κ1) is 16.2. The molecule has 19 heavy (non-hydrogen) atoms. The number of rotatable bonds is 9.